The van der Waals surface area contributed by atoms with E-state index in [-0.39, 0.29) is 0 Å². The minimum atomic E-state index is 0.568. The molecule has 0 aliphatic rings. The molecule has 0 aliphatic carbocycles. The number of hydrogen-bond acceptors (Lipinski definition) is 3. The van der Waals surface area contributed by atoms with Crippen molar-refractivity contribution < 1.29 is 4.74 Å². The average molecular weight is 273 g/mol. The SMILES string of the molecule is COc1ccc(C#N)cc1CNc1cccc(Cl)c1. The minimum Gasteiger partial charge on any atom is -0.496 e. The molecule has 0 radical (unpaired) electrons. The van der Waals surface area contributed by atoms with Crippen LogP contribution in [0.5, 0.6) is 5.75 Å². The van der Waals surface area contributed by atoms with E-state index in [1.54, 1.807) is 19.2 Å². The zero-order valence-electron chi connectivity index (χ0n) is 10.5. The van der Waals surface area contributed by atoms with Gasteiger partial charge >= 0.3 is 0 Å². The van der Waals surface area contributed by atoms with Crippen LogP contribution in [0.2, 0.25) is 5.02 Å². The molecule has 0 aromatic heterocycles. The first-order chi connectivity index (χ1) is 9.22. The summed E-state index contributed by atoms with van der Waals surface area (Å²) in [5, 5.41) is 12.9. The van der Waals surface area contributed by atoms with Crippen LogP contribution in [0.1, 0.15) is 11.1 Å². The highest BCUT2D eigenvalue weighted by Crippen LogP contribution is 2.22. The van der Waals surface area contributed by atoms with E-state index in [4.69, 9.17) is 21.6 Å². The Morgan fingerprint density at radius 1 is 1.26 bits per heavy atom. The number of nitrogens with zero attached hydrogens (tertiary/aromatic N) is 1. The fourth-order valence-corrected chi connectivity index (χ4v) is 1.97. The van der Waals surface area contributed by atoms with Gasteiger partial charge in [-0.15, -0.1) is 0 Å². The molecule has 1 N–H and O–H groups in total. The first-order valence-corrected chi connectivity index (χ1v) is 6.17. The van der Waals surface area contributed by atoms with Crippen LogP contribution in [-0.4, -0.2) is 7.11 Å². The molecule has 0 bridgehead atoms. The molecule has 2 rings (SSSR count). The third kappa shape index (κ3) is 3.40. The fraction of sp³-hybridized carbons (Fsp3) is 0.133. The number of halogens is 1. The summed E-state index contributed by atoms with van der Waals surface area (Å²) in [6.45, 7) is 0.568. The minimum absolute atomic E-state index is 0.568. The number of ether oxygens (including phenoxy) is 1. The van der Waals surface area contributed by atoms with E-state index < -0.39 is 0 Å². The summed E-state index contributed by atoms with van der Waals surface area (Å²) >= 11 is 5.93. The van der Waals surface area contributed by atoms with Crippen LogP contribution >= 0.6 is 11.6 Å². The van der Waals surface area contributed by atoms with E-state index >= 15 is 0 Å². The molecular formula is C15H13ClN2O. The van der Waals surface area contributed by atoms with Gasteiger partial charge in [0.25, 0.3) is 0 Å². The summed E-state index contributed by atoms with van der Waals surface area (Å²) in [4.78, 5) is 0. The molecule has 2 aromatic rings. The van der Waals surface area contributed by atoms with Gasteiger partial charge in [0.15, 0.2) is 0 Å². The van der Waals surface area contributed by atoms with Gasteiger partial charge in [-0.1, -0.05) is 17.7 Å². The van der Waals surface area contributed by atoms with E-state index in [1.807, 2.05) is 30.3 Å². The summed E-state index contributed by atoms with van der Waals surface area (Å²) < 4.78 is 5.28. The smallest absolute Gasteiger partial charge is 0.123 e. The second-order valence-corrected chi connectivity index (χ2v) is 4.44. The number of methoxy groups -OCH3 is 1. The molecule has 0 heterocycles. The highest BCUT2D eigenvalue weighted by molar-refractivity contribution is 6.30. The third-order valence-corrected chi connectivity index (χ3v) is 2.95. The van der Waals surface area contributed by atoms with Crippen molar-refractivity contribution in [3.8, 4) is 11.8 Å². The van der Waals surface area contributed by atoms with Gasteiger partial charge in [-0.05, 0) is 36.4 Å². The predicted octanol–water partition coefficient (Wildman–Crippen LogP) is 3.83. The number of hydrogen-bond donors (Lipinski definition) is 1. The topological polar surface area (TPSA) is 45.0 Å². The molecule has 0 atom stereocenters. The molecule has 0 amide bonds. The number of nitriles is 1. The third-order valence-electron chi connectivity index (χ3n) is 2.72. The van der Waals surface area contributed by atoms with Crippen molar-refractivity contribution in [1.82, 2.24) is 0 Å². The fourth-order valence-electron chi connectivity index (χ4n) is 1.78. The van der Waals surface area contributed by atoms with Crippen LogP contribution in [-0.2, 0) is 6.54 Å². The lowest BCUT2D eigenvalue weighted by molar-refractivity contribution is 0.410. The van der Waals surface area contributed by atoms with E-state index in [9.17, 15) is 0 Å². The van der Waals surface area contributed by atoms with Crippen molar-refractivity contribution in [3.63, 3.8) is 0 Å². The Hall–Kier alpha value is -2.18. The van der Waals surface area contributed by atoms with Crippen molar-refractivity contribution in [2.24, 2.45) is 0 Å². The molecule has 0 saturated heterocycles. The van der Waals surface area contributed by atoms with E-state index in [0.717, 1.165) is 17.0 Å². The summed E-state index contributed by atoms with van der Waals surface area (Å²) in [6, 6.07) is 15.0. The van der Waals surface area contributed by atoms with Gasteiger partial charge in [0, 0.05) is 22.8 Å². The maximum Gasteiger partial charge on any atom is 0.123 e. The second-order valence-electron chi connectivity index (χ2n) is 4.00. The van der Waals surface area contributed by atoms with Crippen LogP contribution in [0, 0.1) is 11.3 Å². The van der Waals surface area contributed by atoms with Crippen LogP contribution < -0.4 is 10.1 Å². The first-order valence-electron chi connectivity index (χ1n) is 5.79. The van der Waals surface area contributed by atoms with Crippen molar-refractivity contribution in [2.75, 3.05) is 12.4 Å². The summed E-state index contributed by atoms with van der Waals surface area (Å²) in [5.74, 6) is 0.758. The van der Waals surface area contributed by atoms with Gasteiger partial charge in [0.2, 0.25) is 0 Å². The Labute approximate surface area is 117 Å². The predicted molar refractivity (Wildman–Crippen MR) is 76.5 cm³/mol. The normalized spacial score (nSPS) is 9.74. The van der Waals surface area contributed by atoms with Crippen molar-refractivity contribution >= 4 is 17.3 Å². The van der Waals surface area contributed by atoms with Crippen molar-refractivity contribution in [2.45, 2.75) is 6.54 Å². The molecule has 0 unspecified atom stereocenters. The number of benzene rings is 2. The van der Waals surface area contributed by atoms with Crippen LogP contribution in [0.15, 0.2) is 42.5 Å². The van der Waals surface area contributed by atoms with Crippen molar-refractivity contribution in [1.29, 1.82) is 5.26 Å². The molecule has 0 aliphatic heterocycles. The van der Waals surface area contributed by atoms with Crippen LogP contribution in [0.3, 0.4) is 0 Å². The van der Waals surface area contributed by atoms with Crippen LogP contribution in [0.25, 0.3) is 0 Å². The first kappa shape index (κ1) is 13.3. The second kappa shape index (κ2) is 6.12. The molecular weight excluding hydrogens is 260 g/mol. The Kier molecular flexibility index (Phi) is 4.27. The molecule has 0 spiro atoms. The van der Waals surface area contributed by atoms with Gasteiger partial charge in [0.05, 0.1) is 18.7 Å². The van der Waals surface area contributed by atoms with Gasteiger partial charge in [-0.2, -0.15) is 5.26 Å². The molecule has 96 valence electrons. The van der Waals surface area contributed by atoms with Gasteiger partial charge in [-0.25, -0.2) is 0 Å². The van der Waals surface area contributed by atoms with E-state index in [2.05, 4.69) is 11.4 Å². The number of nitrogens with one attached hydrogen (secondary N) is 1. The summed E-state index contributed by atoms with van der Waals surface area (Å²) in [7, 11) is 1.62. The van der Waals surface area contributed by atoms with Crippen molar-refractivity contribution in [3.05, 3.63) is 58.6 Å². The maximum atomic E-state index is 8.92. The molecule has 2 aromatic carbocycles. The summed E-state index contributed by atoms with van der Waals surface area (Å²) in [6.07, 6.45) is 0. The molecule has 19 heavy (non-hydrogen) atoms. The van der Waals surface area contributed by atoms with Gasteiger partial charge in [-0.3, -0.25) is 0 Å². The Bertz CT molecular complexity index is 620. The zero-order chi connectivity index (χ0) is 13.7. The lowest BCUT2D eigenvalue weighted by atomic mass is 10.1. The lowest BCUT2D eigenvalue weighted by Crippen LogP contribution is -2.02. The van der Waals surface area contributed by atoms with Gasteiger partial charge < -0.3 is 10.1 Å². The lowest BCUT2D eigenvalue weighted by Gasteiger charge is -2.11. The van der Waals surface area contributed by atoms with Gasteiger partial charge in [0.1, 0.15) is 5.75 Å². The van der Waals surface area contributed by atoms with Crippen LogP contribution in [0.4, 0.5) is 5.69 Å². The molecule has 0 saturated carbocycles. The van der Waals surface area contributed by atoms with E-state index in [1.165, 1.54) is 0 Å². The molecule has 3 nitrogen and oxygen atoms in total. The largest absolute Gasteiger partial charge is 0.496 e. The number of rotatable bonds is 4. The monoisotopic (exact) mass is 272 g/mol. The quantitative estimate of drug-likeness (QED) is 0.920. The van der Waals surface area contributed by atoms with E-state index in [0.29, 0.717) is 17.1 Å². The number of anilines is 1. The Morgan fingerprint density at radius 3 is 2.79 bits per heavy atom. The Balaban J connectivity index is 2.16. The maximum absolute atomic E-state index is 8.92. The zero-order valence-corrected chi connectivity index (χ0v) is 11.2. The Morgan fingerprint density at radius 2 is 2.11 bits per heavy atom. The molecule has 0 fully saturated rings. The average Bonchev–Trinajstić information content (AvgIpc) is 2.45. The summed E-state index contributed by atoms with van der Waals surface area (Å²) in [5.41, 5.74) is 2.47. The molecule has 4 heteroatoms. The standard InChI is InChI=1S/C15H13ClN2O/c1-19-15-6-5-11(9-17)7-12(15)10-18-14-4-2-3-13(16)8-14/h2-8,18H,10H2,1H3. The highest BCUT2D eigenvalue weighted by Gasteiger charge is 2.04. The highest BCUT2D eigenvalue weighted by atomic mass is 35.5.